The molecule has 5 rings (SSSR count). The first-order chi connectivity index (χ1) is 13.7. The van der Waals surface area contributed by atoms with Crippen LogP contribution in [0, 0.1) is 0 Å². The molecule has 2 aromatic carbocycles. The third-order valence-corrected chi connectivity index (χ3v) is 5.05. The van der Waals surface area contributed by atoms with Crippen molar-refractivity contribution in [2.24, 2.45) is 0 Å². The lowest BCUT2D eigenvalue weighted by Gasteiger charge is -2.09. The van der Waals surface area contributed by atoms with Crippen molar-refractivity contribution in [3.63, 3.8) is 0 Å². The van der Waals surface area contributed by atoms with Crippen LogP contribution in [-0.4, -0.2) is 26.3 Å². The molecule has 0 fully saturated rings. The number of aromatic nitrogens is 4. The van der Waals surface area contributed by atoms with Crippen LogP contribution < -0.4 is 10.5 Å². The normalized spacial score (nSPS) is 11.3. The molecule has 0 amide bonds. The Morgan fingerprint density at radius 3 is 2.71 bits per heavy atom. The number of fused-ring (bicyclic) bond motifs is 2. The van der Waals surface area contributed by atoms with Gasteiger partial charge in [0.05, 0.1) is 13.3 Å². The number of rotatable bonds is 4. The third-order valence-electron chi connectivity index (χ3n) is 5.05. The molecule has 138 valence electrons. The van der Waals surface area contributed by atoms with Crippen LogP contribution >= 0.6 is 0 Å². The maximum absolute atomic E-state index is 6.32. The van der Waals surface area contributed by atoms with Crippen molar-refractivity contribution in [1.82, 2.24) is 19.2 Å². The minimum absolute atomic E-state index is 0.590. The molecular weight excluding hydrogens is 350 g/mol. The summed E-state index contributed by atoms with van der Waals surface area (Å²) >= 11 is 0. The Bertz CT molecular complexity index is 1280. The second-order valence-electron chi connectivity index (χ2n) is 6.72. The van der Waals surface area contributed by atoms with Crippen molar-refractivity contribution in [3.05, 3.63) is 78.8 Å². The Kier molecular flexibility index (Phi) is 3.76. The van der Waals surface area contributed by atoms with E-state index in [-0.39, 0.29) is 0 Å². The summed E-state index contributed by atoms with van der Waals surface area (Å²) in [6.45, 7) is 0.801. The summed E-state index contributed by atoms with van der Waals surface area (Å²) in [6.07, 6.45) is 5.61. The van der Waals surface area contributed by atoms with E-state index in [4.69, 9.17) is 10.5 Å². The van der Waals surface area contributed by atoms with Gasteiger partial charge in [-0.1, -0.05) is 18.2 Å². The van der Waals surface area contributed by atoms with Gasteiger partial charge in [0.15, 0.2) is 5.65 Å². The predicted octanol–water partition coefficient (Wildman–Crippen LogP) is 3.99. The number of methoxy groups -OCH3 is 1. The van der Waals surface area contributed by atoms with E-state index in [9.17, 15) is 0 Å². The molecule has 6 nitrogen and oxygen atoms in total. The van der Waals surface area contributed by atoms with Crippen LogP contribution in [0.25, 0.3) is 27.7 Å². The lowest BCUT2D eigenvalue weighted by Crippen LogP contribution is -2.02. The Morgan fingerprint density at radius 2 is 1.89 bits per heavy atom. The van der Waals surface area contributed by atoms with Gasteiger partial charge in [-0.2, -0.15) is 9.61 Å². The Labute approximate surface area is 161 Å². The van der Waals surface area contributed by atoms with Gasteiger partial charge in [0.25, 0.3) is 0 Å². The van der Waals surface area contributed by atoms with Crippen molar-refractivity contribution < 1.29 is 4.74 Å². The topological polar surface area (TPSA) is 70.4 Å². The van der Waals surface area contributed by atoms with E-state index in [0.717, 1.165) is 34.5 Å². The fourth-order valence-corrected chi connectivity index (χ4v) is 3.55. The average molecular weight is 369 g/mol. The molecule has 0 aliphatic carbocycles. The molecule has 0 unspecified atom stereocenters. The zero-order chi connectivity index (χ0) is 19.1. The molecule has 3 heterocycles. The largest absolute Gasteiger partial charge is 0.497 e. The molecule has 0 bridgehead atoms. The molecule has 0 saturated carbocycles. The number of nitrogens with zero attached hydrogens (tertiary/aromatic N) is 4. The number of hydrogen-bond donors (Lipinski definition) is 1. The highest BCUT2D eigenvalue weighted by Crippen LogP contribution is 2.29. The van der Waals surface area contributed by atoms with Crippen molar-refractivity contribution in [1.29, 1.82) is 0 Å². The Morgan fingerprint density at radius 1 is 1.04 bits per heavy atom. The molecule has 2 N–H and O–H groups in total. The highest BCUT2D eigenvalue weighted by Gasteiger charge is 2.10. The molecule has 3 aromatic heterocycles. The monoisotopic (exact) mass is 369 g/mol. The van der Waals surface area contributed by atoms with E-state index < -0.39 is 0 Å². The molecule has 5 aromatic rings. The van der Waals surface area contributed by atoms with Gasteiger partial charge in [-0.15, -0.1) is 0 Å². The molecular formula is C22H19N5O. The molecule has 0 atom stereocenters. The fourth-order valence-electron chi connectivity index (χ4n) is 3.55. The van der Waals surface area contributed by atoms with E-state index in [1.807, 2.05) is 24.4 Å². The van der Waals surface area contributed by atoms with Crippen LogP contribution in [0.15, 0.2) is 73.2 Å². The van der Waals surface area contributed by atoms with Crippen molar-refractivity contribution in [2.45, 2.75) is 6.54 Å². The van der Waals surface area contributed by atoms with Gasteiger partial charge in [-0.3, -0.25) is 0 Å². The number of hydrogen-bond acceptors (Lipinski definition) is 4. The smallest absolute Gasteiger partial charge is 0.157 e. The zero-order valence-corrected chi connectivity index (χ0v) is 15.4. The highest BCUT2D eigenvalue weighted by atomic mass is 16.5. The van der Waals surface area contributed by atoms with E-state index in [1.165, 1.54) is 11.1 Å². The van der Waals surface area contributed by atoms with Crippen LogP contribution in [0.5, 0.6) is 5.75 Å². The van der Waals surface area contributed by atoms with Crippen LogP contribution in [0.1, 0.15) is 5.56 Å². The van der Waals surface area contributed by atoms with E-state index in [0.29, 0.717) is 5.82 Å². The van der Waals surface area contributed by atoms with Crippen LogP contribution in [0.2, 0.25) is 0 Å². The van der Waals surface area contributed by atoms with Gasteiger partial charge in [0, 0.05) is 41.5 Å². The first kappa shape index (κ1) is 16.4. The van der Waals surface area contributed by atoms with Crippen molar-refractivity contribution >= 4 is 22.4 Å². The van der Waals surface area contributed by atoms with Gasteiger partial charge < -0.3 is 15.0 Å². The number of ether oxygens (including phenoxy) is 1. The summed E-state index contributed by atoms with van der Waals surface area (Å²) in [5.41, 5.74) is 11.4. The molecule has 6 heteroatoms. The van der Waals surface area contributed by atoms with Crippen LogP contribution in [0.3, 0.4) is 0 Å². The second-order valence-corrected chi connectivity index (χ2v) is 6.72. The summed E-state index contributed by atoms with van der Waals surface area (Å²) in [7, 11) is 1.68. The standard InChI is InChI=1S/C22H19N5O/c1-28-18-5-2-15(3-6-18)14-26-11-9-17-12-16(4-7-20(17)26)19-13-24-21-8-10-25-27(21)22(19)23/h2-13H,14,23H2,1H3. The summed E-state index contributed by atoms with van der Waals surface area (Å²) in [5.74, 6) is 1.46. The predicted molar refractivity (Wildman–Crippen MR) is 110 cm³/mol. The lowest BCUT2D eigenvalue weighted by molar-refractivity contribution is 0.414. The lowest BCUT2D eigenvalue weighted by atomic mass is 10.1. The quantitative estimate of drug-likeness (QED) is 0.520. The van der Waals surface area contributed by atoms with Crippen molar-refractivity contribution in [2.75, 3.05) is 12.8 Å². The molecule has 0 radical (unpaired) electrons. The minimum Gasteiger partial charge on any atom is -0.497 e. The van der Waals surface area contributed by atoms with Gasteiger partial charge in [-0.05, 0) is 41.5 Å². The van der Waals surface area contributed by atoms with Crippen LogP contribution in [-0.2, 0) is 6.54 Å². The number of benzene rings is 2. The first-order valence-electron chi connectivity index (χ1n) is 9.03. The Hall–Kier alpha value is -3.80. The van der Waals surface area contributed by atoms with Crippen LogP contribution in [0.4, 0.5) is 5.82 Å². The second kappa shape index (κ2) is 6.42. The van der Waals surface area contributed by atoms with Gasteiger partial charge in [-0.25, -0.2) is 4.98 Å². The summed E-state index contributed by atoms with van der Waals surface area (Å²) in [6, 6.07) is 18.5. The summed E-state index contributed by atoms with van der Waals surface area (Å²) in [4.78, 5) is 4.44. The first-order valence-corrected chi connectivity index (χ1v) is 9.03. The highest BCUT2D eigenvalue weighted by molar-refractivity contribution is 5.87. The molecule has 0 aliphatic heterocycles. The van der Waals surface area contributed by atoms with Gasteiger partial charge >= 0.3 is 0 Å². The molecule has 28 heavy (non-hydrogen) atoms. The van der Waals surface area contributed by atoms with E-state index >= 15 is 0 Å². The maximum atomic E-state index is 6.32. The summed E-state index contributed by atoms with van der Waals surface area (Å²) in [5, 5.41) is 5.40. The number of anilines is 1. The summed E-state index contributed by atoms with van der Waals surface area (Å²) < 4.78 is 9.13. The number of nitrogens with two attached hydrogens (primary N) is 1. The van der Waals surface area contributed by atoms with Gasteiger partial charge in [0.1, 0.15) is 11.6 Å². The molecule has 0 aliphatic rings. The number of nitrogen functional groups attached to an aromatic ring is 1. The van der Waals surface area contributed by atoms with E-state index in [1.54, 1.807) is 17.8 Å². The SMILES string of the molecule is COc1ccc(Cn2ccc3cc(-c4cnc5ccnn5c4N)ccc32)cc1. The maximum Gasteiger partial charge on any atom is 0.157 e. The molecule has 0 spiro atoms. The Balaban J connectivity index is 1.51. The zero-order valence-electron chi connectivity index (χ0n) is 15.4. The van der Waals surface area contributed by atoms with Crippen molar-refractivity contribution in [3.8, 4) is 16.9 Å². The third kappa shape index (κ3) is 2.66. The molecule has 0 saturated heterocycles. The fraction of sp³-hybridized carbons (Fsp3) is 0.0909. The van der Waals surface area contributed by atoms with Gasteiger partial charge in [0.2, 0.25) is 0 Å². The average Bonchev–Trinajstić information content (AvgIpc) is 3.36. The minimum atomic E-state index is 0.590. The van der Waals surface area contributed by atoms with E-state index in [2.05, 4.69) is 57.2 Å².